The Morgan fingerprint density at radius 3 is 2.36 bits per heavy atom. The number of hydrogen-bond acceptors (Lipinski definition) is 2. The van der Waals surface area contributed by atoms with Crippen LogP contribution < -0.4 is 0 Å². The molecule has 1 rings (SSSR count). The topological polar surface area (TPSA) is 34.1 Å². The van der Waals surface area contributed by atoms with E-state index >= 15 is 0 Å². The van der Waals surface area contributed by atoms with Gasteiger partial charge in [0.2, 0.25) is 6.29 Å². The summed E-state index contributed by atoms with van der Waals surface area (Å²) in [5.74, 6) is -0.0149. The van der Waals surface area contributed by atoms with E-state index in [4.69, 9.17) is 0 Å². The third-order valence-corrected chi connectivity index (χ3v) is 1.97. The van der Waals surface area contributed by atoms with Crippen LogP contribution in [0.1, 0.15) is 30.6 Å². The van der Waals surface area contributed by atoms with Gasteiger partial charge in [0.1, 0.15) is 0 Å². The Kier molecular flexibility index (Phi) is 3.18. The van der Waals surface area contributed by atoms with Gasteiger partial charge in [-0.3, -0.25) is 9.59 Å². The molecule has 1 radical (unpaired) electrons. The van der Waals surface area contributed by atoms with E-state index < -0.39 is 5.41 Å². The van der Waals surface area contributed by atoms with Crippen LogP contribution in [0.15, 0.2) is 30.3 Å². The number of ketones is 1. The summed E-state index contributed by atoms with van der Waals surface area (Å²) in [6.07, 6.45) is 2.08. The molecule has 0 saturated carbocycles. The first-order valence-corrected chi connectivity index (χ1v) is 4.53. The summed E-state index contributed by atoms with van der Waals surface area (Å²) in [5.41, 5.74) is -0.0387. The summed E-state index contributed by atoms with van der Waals surface area (Å²) < 4.78 is 0. The first-order chi connectivity index (χ1) is 6.55. The predicted molar refractivity (Wildman–Crippen MR) is 54.9 cm³/mol. The van der Waals surface area contributed by atoms with Gasteiger partial charge in [0.25, 0.3) is 0 Å². The van der Waals surface area contributed by atoms with Crippen LogP contribution in [0, 0.1) is 5.41 Å². The molecule has 1 aromatic carbocycles. The smallest absolute Gasteiger partial charge is 0.204 e. The molecule has 1 aromatic rings. The minimum Gasteiger partial charge on any atom is -0.294 e. The Balaban J connectivity index is 2.74. The third kappa shape index (κ3) is 2.80. The molecule has 0 bridgehead atoms. The molecule has 0 saturated heterocycles. The minimum atomic E-state index is -0.688. The van der Waals surface area contributed by atoms with Crippen molar-refractivity contribution in [3.63, 3.8) is 0 Å². The Morgan fingerprint density at radius 1 is 1.29 bits per heavy atom. The average molecular weight is 189 g/mol. The number of Topliss-reactive ketones (excluding diaryl/α,β-unsaturated/α-hetero) is 1. The molecule has 0 aliphatic rings. The van der Waals surface area contributed by atoms with Gasteiger partial charge in [0, 0.05) is 17.4 Å². The number of carbonyl (C=O) groups is 1. The molecule has 0 fully saturated rings. The number of carbonyl (C=O) groups excluding carboxylic acids is 2. The second-order valence-electron chi connectivity index (χ2n) is 3.95. The van der Waals surface area contributed by atoms with Crippen molar-refractivity contribution in [3.05, 3.63) is 35.9 Å². The zero-order valence-corrected chi connectivity index (χ0v) is 8.41. The van der Waals surface area contributed by atoms with Crippen LogP contribution in [0.3, 0.4) is 0 Å². The Labute approximate surface area is 83.9 Å². The molecular formula is C12H13O2. The van der Waals surface area contributed by atoms with Gasteiger partial charge in [0.15, 0.2) is 5.78 Å². The first-order valence-electron chi connectivity index (χ1n) is 4.53. The molecule has 2 heteroatoms. The molecule has 0 unspecified atom stereocenters. The van der Waals surface area contributed by atoms with Gasteiger partial charge in [0.05, 0.1) is 0 Å². The maximum atomic E-state index is 11.6. The van der Waals surface area contributed by atoms with Crippen molar-refractivity contribution in [1.29, 1.82) is 0 Å². The highest BCUT2D eigenvalue weighted by Gasteiger charge is 2.22. The lowest BCUT2D eigenvalue weighted by Gasteiger charge is -2.13. The second kappa shape index (κ2) is 4.18. The van der Waals surface area contributed by atoms with Crippen LogP contribution in [-0.2, 0) is 4.79 Å². The second-order valence-corrected chi connectivity index (χ2v) is 3.95. The number of rotatable bonds is 4. The lowest BCUT2D eigenvalue weighted by atomic mass is 9.87. The lowest BCUT2D eigenvalue weighted by Crippen LogP contribution is -2.18. The Morgan fingerprint density at radius 2 is 1.86 bits per heavy atom. The fourth-order valence-corrected chi connectivity index (χ4v) is 1.16. The average Bonchev–Trinajstić information content (AvgIpc) is 2.19. The van der Waals surface area contributed by atoms with E-state index in [2.05, 4.69) is 0 Å². The highest BCUT2D eigenvalue weighted by atomic mass is 16.1. The Bertz CT molecular complexity index is 325. The van der Waals surface area contributed by atoms with E-state index in [-0.39, 0.29) is 12.2 Å². The van der Waals surface area contributed by atoms with Gasteiger partial charge < -0.3 is 0 Å². The summed E-state index contributed by atoms with van der Waals surface area (Å²) in [7, 11) is 0. The van der Waals surface area contributed by atoms with Crippen molar-refractivity contribution < 1.29 is 9.59 Å². The van der Waals surface area contributed by atoms with Crippen LogP contribution in [0.5, 0.6) is 0 Å². The normalized spacial score (nSPS) is 11.0. The molecule has 14 heavy (non-hydrogen) atoms. The van der Waals surface area contributed by atoms with E-state index in [1.807, 2.05) is 24.5 Å². The monoisotopic (exact) mass is 189 g/mol. The summed E-state index contributed by atoms with van der Waals surface area (Å²) in [6.45, 7) is 3.42. The van der Waals surface area contributed by atoms with Gasteiger partial charge in [-0.1, -0.05) is 44.2 Å². The van der Waals surface area contributed by atoms with Crippen LogP contribution in [-0.4, -0.2) is 12.1 Å². The van der Waals surface area contributed by atoms with Crippen LogP contribution in [0.2, 0.25) is 0 Å². The molecule has 2 nitrogen and oxygen atoms in total. The molecule has 0 aromatic heterocycles. The largest absolute Gasteiger partial charge is 0.294 e. The van der Waals surface area contributed by atoms with Crippen LogP contribution >= 0.6 is 0 Å². The summed E-state index contributed by atoms with van der Waals surface area (Å²) in [4.78, 5) is 22.2. The van der Waals surface area contributed by atoms with Crippen LogP contribution in [0.4, 0.5) is 0 Å². The SMILES string of the molecule is CC(C)([C]=O)CC(=O)c1ccccc1. The molecule has 0 aliphatic heterocycles. The Hall–Kier alpha value is -1.44. The van der Waals surface area contributed by atoms with E-state index in [9.17, 15) is 9.59 Å². The molecule has 0 spiro atoms. The summed E-state index contributed by atoms with van der Waals surface area (Å²) in [6, 6.07) is 8.98. The predicted octanol–water partition coefficient (Wildman–Crippen LogP) is 2.40. The van der Waals surface area contributed by atoms with Gasteiger partial charge >= 0.3 is 0 Å². The number of hydrogen-bond donors (Lipinski definition) is 0. The standard InChI is InChI=1S/C12H13O2/c1-12(2,9-13)8-11(14)10-6-4-3-5-7-10/h3-7H,8H2,1-2H3. The zero-order chi connectivity index (χ0) is 10.6. The van der Waals surface area contributed by atoms with Gasteiger partial charge in [-0.15, -0.1) is 0 Å². The molecular weight excluding hydrogens is 176 g/mol. The third-order valence-electron chi connectivity index (χ3n) is 1.97. The van der Waals surface area contributed by atoms with Gasteiger partial charge in [-0.05, 0) is 0 Å². The van der Waals surface area contributed by atoms with Crippen molar-refractivity contribution in [3.8, 4) is 0 Å². The van der Waals surface area contributed by atoms with Crippen molar-refractivity contribution in [2.75, 3.05) is 0 Å². The quantitative estimate of drug-likeness (QED) is 0.681. The van der Waals surface area contributed by atoms with Crippen molar-refractivity contribution >= 4 is 12.1 Å². The van der Waals surface area contributed by atoms with Gasteiger partial charge in [-0.25, -0.2) is 0 Å². The van der Waals surface area contributed by atoms with Crippen molar-refractivity contribution in [2.24, 2.45) is 5.41 Å². The lowest BCUT2D eigenvalue weighted by molar-refractivity contribution is 0.0954. The van der Waals surface area contributed by atoms with Gasteiger partial charge in [-0.2, -0.15) is 0 Å². The molecule has 73 valence electrons. The molecule has 0 atom stereocenters. The zero-order valence-electron chi connectivity index (χ0n) is 8.41. The highest BCUT2D eigenvalue weighted by Crippen LogP contribution is 2.19. The van der Waals surface area contributed by atoms with Crippen LogP contribution in [0.25, 0.3) is 0 Å². The fourth-order valence-electron chi connectivity index (χ4n) is 1.16. The van der Waals surface area contributed by atoms with E-state index in [1.54, 1.807) is 26.0 Å². The molecule has 0 aliphatic carbocycles. The van der Waals surface area contributed by atoms with Crippen molar-refractivity contribution in [2.45, 2.75) is 20.3 Å². The van der Waals surface area contributed by atoms with E-state index in [0.29, 0.717) is 5.56 Å². The molecule has 0 N–H and O–H groups in total. The minimum absolute atomic E-state index is 0.0149. The summed E-state index contributed by atoms with van der Waals surface area (Å²) >= 11 is 0. The molecule has 0 heterocycles. The molecule has 0 amide bonds. The maximum Gasteiger partial charge on any atom is 0.204 e. The van der Waals surface area contributed by atoms with E-state index in [0.717, 1.165) is 0 Å². The number of benzene rings is 1. The van der Waals surface area contributed by atoms with E-state index in [1.165, 1.54) is 0 Å². The maximum absolute atomic E-state index is 11.6. The van der Waals surface area contributed by atoms with Crippen molar-refractivity contribution in [1.82, 2.24) is 0 Å². The summed E-state index contributed by atoms with van der Waals surface area (Å²) in [5, 5.41) is 0. The fraction of sp³-hybridized carbons (Fsp3) is 0.333. The first kappa shape index (κ1) is 10.6. The highest BCUT2D eigenvalue weighted by molar-refractivity contribution is 5.97.